The number of sulfonamides is 1. The van der Waals surface area contributed by atoms with Crippen molar-refractivity contribution in [3.8, 4) is 17.4 Å². The van der Waals surface area contributed by atoms with Gasteiger partial charge in [0.15, 0.2) is 0 Å². The first-order valence-corrected chi connectivity index (χ1v) is 11.9. The number of aromatic nitrogens is 1. The Balaban J connectivity index is 1.98. The molecule has 0 saturated carbocycles. The monoisotopic (exact) mass is 583 g/mol. The van der Waals surface area contributed by atoms with Crippen LogP contribution in [0.5, 0.6) is 17.4 Å². The second kappa shape index (κ2) is 10.7. The second-order valence-electron chi connectivity index (χ2n) is 7.59. The first kappa shape index (κ1) is 29.0. The molecule has 0 unspecified atom stereocenters. The van der Waals surface area contributed by atoms with Gasteiger partial charge in [-0.2, -0.15) is 13.2 Å². The quantitative estimate of drug-likeness (QED) is 0.345. The van der Waals surface area contributed by atoms with E-state index in [-0.39, 0.29) is 16.3 Å². The third-order valence-electron chi connectivity index (χ3n) is 4.64. The van der Waals surface area contributed by atoms with Gasteiger partial charge in [0.25, 0.3) is 5.91 Å². The second-order valence-corrected chi connectivity index (χ2v) is 10.1. The molecule has 0 bridgehead atoms. The van der Waals surface area contributed by atoms with Crippen molar-refractivity contribution < 1.29 is 49.0 Å². The topological polar surface area (TPSA) is 97.8 Å². The van der Waals surface area contributed by atoms with Gasteiger partial charge in [-0.1, -0.05) is 17.7 Å². The zero-order chi connectivity index (χ0) is 28.5. The molecule has 8 nitrogen and oxygen atoms in total. The van der Waals surface area contributed by atoms with Crippen molar-refractivity contribution in [2.45, 2.75) is 17.4 Å². The number of carbonyl (C=O) groups excluding carboxylic acids is 1. The van der Waals surface area contributed by atoms with E-state index in [9.17, 15) is 39.6 Å². The molecule has 3 rings (SSSR count). The number of halogens is 7. The SMILES string of the molecule is CN(C)S(=O)(=O)c1cccc(NC(=O)c2cc(C(F)(F)F)cnc2Oc2ccc(OC(F)(F)F)cc2Cl)c1. The molecule has 1 aromatic heterocycles. The molecule has 0 spiro atoms. The van der Waals surface area contributed by atoms with E-state index in [1.807, 2.05) is 0 Å². The van der Waals surface area contributed by atoms with Crippen molar-refractivity contribution >= 4 is 33.2 Å². The highest BCUT2D eigenvalue weighted by Crippen LogP contribution is 2.37. The highest BCUT2D eigenvalue weighted by molar-refractivity contribution is 7.89. The smallest absolute Gasteiger partial charge is 0.437 e. The number of alkyl halides is 6. The molecule has 204 valence electrons. The number of benzene rings is 2. The van der Waals surface area contributed by atoms with Crippen molar-refractivity contribution in [2.75, 3.05) is 19.4 Å². The molecule has 0 atom stereocenters. The van der Waals surface area contributed by atoms with E-state index < -0.39 is 56.2 Å². The van der Waals surface area contributed by atoms with Crippen molar-refractivity contribution in [1.82, 2.24) is 9.29 Å². The Bertz CT molecular complexity index is 1460. The molecule has 0 aliphatic carbocycles. The fraction of sp³-hybridized carbons (Fsp3) is 0.182. The maximum Gasteiger partial charge on any atom is 0.573 e. The first-order chi connectivity index (χ1) is 17.5. The summed E-state index contributed by atoms with van der Waals surface area (Å²) in [6, 6.07) is 7.88. The normalized spacial score (nSPS) is 12.4. The van der Waals surface area contributed by atoms with Crippen molar-refractivity contribution in [2.24, 2.45) is 0 Å². The number of ether oxygens (including phenoxy) is 2. The van der Waals surface area contributed by atoms with Crippen LogP contribution in [0.2, 0.25) is 5.02 Å². The third kappa shape index (κ3) is 7.05. The number of nitrogens with zero attached hydrogens (tertiary/aromatic N) is 2. The summed E-state index contributed by atoms with van der Waals surface area (Å²) in [4.78, 5) is 16.3. The number of pyridine rings is 1. The van der Waals surface area contributed by atoms with Crippen molar-refractivity contribution in [1.29, 1.82) is 0 Å². The molecule has 1 heterocycles. The molecule has 0 radical (unpaired) electrons. The van der Waals surface area contributed by atoms with Crippen LogP contribution in [0.1, 0.15) is 15.9 Å². The number of hydrogen-bond acceptors (Lipinski definition) is 6. The summed E-state index contributed by atoms with van der Waals surface area (Å²) >= 11 is 5.92. The van der Waals surface area contributed by atoms with Gasteiger partial charge in [-0.3, -0.25) is 4.79 Å². The van der Waals surface area contributed by atoms with Gasteiger partial charge in [0.05, 0.1) is 15.5 Å². The van der Waals surface area contributed by atoms with Crippen LogP contribution in [0.15, 0.2) is 59.6 Å². The maximum atomic E-state index is 13.3. The number of amides is 1. The van der Waals surface area contributed by atoms with E-state index in [1.165, 1.54) is 32.3 Å². The zero-order valence-electron chi connectivity index (χ0n) is 19.2. The first-order valence-electron chi connectivity index (χ1n) is 10.1. The lowest BCUT2D eigenvalue weighted by Crippen LogP contribution is -2.22. The average Bonchev–Trinajstić information content (AvgIpc) is 2.79. The third-order valence-corrected chi connectivity index (χ3v) is 6.74. The van der Waals surface area contributed by atoms with Gasteiger partial charge in [-0.25, -0.2) is 17.7 Å². The summed E-state index contributed by atoms with van der Waals surface area (Å²) in [6.45, 7) is 0. The molecule has 3 aromatic rings. The Hall–Kier alpha value is -3.56. The number of carbonyl (C=O) groups is 1. The lowest BCUT2D eigenvalue weighted by atomic mass is 10.1. The molecule has 0 aliphatic heterocycles. The highest BCUT2D eigenvalue weighted by atomic mass is 35.5. The fourth-order valence-corrected chi connectivity index (χ4v) is 4.02. The van der Waals surface area contributed by atoms with Gasteiger partial charge in [0.1, 0.15) is 17.1 Å². The van der Waals surface area contributed by atoms with Gasteiger partial charge in [-0.15, -0.1) is 13.2 Å². The zero-order valence-corrected chi connectivity index (χ0v) is 20.8. The number of hydrogen-bond donors (Lipinski definition) is 1. The molecule has 16 heteroatoms. The largest absolute Gasteiger partial charge is 0.573 e. The molecule has 38 heavy (non-hydrogen) atoms. The van der Waals surface area contributed by atoms with Crippen molar-refractivity contribution in [3.63, 3.8) is 0 Å². The van der Waals surface area contributed by atoms with Crippen LogP contribution in [0.3, 0.4) is 0 Å². The molecular formula is C22H16ClF6N3O5S. The molecule has 1 N–H and O–H groups in total. The Morgan fingerprint density at radius 2 is 1.71 bits per heavy atom. The molecule has 2 aromatic carbocycles. The maximum absolute atomic E-state index is 13.3. The predicted octanol–water partition coefficient (Wildman–Crippen LogP) is 5.95. The van der Waals surface area contributed by atoms with Crippen LogP contribution in [-0.4, -0.2) is 44.1 Å². The summed E-state index contributed by atoms with van der Waals surface area (Å²) in [5, 5.41) is 1.85. The Kier molecular flexibility index (Phi) is 8.14. The fourth-order valence-electron chi connectivity index (χ4n) is 2.86. The molecular weight excluding hydrogens is 568 g/mol. The lowest BCUT2D eigenvalue weighted by molar-refractivity contribution is -0.274. The minimum absolute atomic E-state index is 0.0760. The van der Waals surface area contributed by atoms with Crippen LogP contribution in [0.25, 0.3) is 0 Å². The minimum atomic E-state index is -5.00. The molecule has 1 amide bonds. The number of nitrogens with one attached hydrogen (secondary N) is 1. The molecule has 0 aliphatic rings. The highest BCUT2D eigenvalue weighted by Gasteiger charge is 2.34. The Morgan fingerprint density at radius 3 is 2.29 bits per heavy atom. The summed E-state index contributed by atoms with van der Waals surface area (Å²) in [5.74, 6) is -2.87. The molecule has 0 saturated heterocycles. The van der Waals surface area contributed by atoms with Gasteiger partial charge in [0, 0.05) is 32.0 Å². The van der Waals surface area contributed by atoms with E-state index in [1.54, 1.807) is 0 Å². The summed E-state index contributed by atoms with van der Waals surface area (Å²) in [5.41, 5.74) is -2.11. The van der Waals surface area contributed by atoms with Crippen LogP contribution < -0.4 is 14.8 Å². The predicted molar refractivity (Wildman–Crippen MR) is 123 cm³/mol. The van der Waals surface area contributed by atoms with E-state index >= 15 is 0 Å². The van der Waals surface area contributed by atoms with Gasteiger partial charge in [0.2, 0.25) is 15.9 Å². The molecule has 0 fully saturated rings. The van der Waals surface area contributed by atoms with Gasteiger partial charge < -0.3 is 14.8 Å². The van der Waals surface area contributed by atoms with Crippen LogP contribution in [-0.2, 0) is 16.2 Å². The van der Waals surface area contributed by atoms with Crippen LogP contribution in [0, 0.1) is 0 Å². The lowest BCUT2D eigenvalue weighted by Gasteiger charge is -2.15. The average molecular weight is 584 g/mol. The Morgan fingerprint density at radius 1 is 1.03 bits per heavy atom. The summed E-state index contributed by atoms with van der Waals surface area (Å²) in [7, 11) is -1.33. The summed E-state index contributed by atoms with van der Waals surface area (Å²) in [6.07, 6.45) is -9.52. The summed E-state index contributed by atoms with van der Waals surface area (Å²) < 4.78 is 112. The van der Waals surface area contributed by atoms with E-state index in [4.69, 9.17) is 16.3 Å². The van der Waals surface area contributed by atoms with Gasteiger partial charge >= 0.3 is 12.5 Å². The van der Waals surface area contributed by atoms with Crippen molar-refractivity contribution in [3.05, 3.63) is 70.9 Å². The van der Waals surface area contributed by atoms with Gasteiger partial charge in [-0.05, 0) is 36.4 Å². The standard InChI is InChI=1S/C22H16ClF6N3O5S/c1-32(2)38(34,35)15-5-3-4-13(9-15)31-19(33)16-8-12(21(24,25)26)11-30-20(16)36-18-7-6-14(10-17(18)23)37-22(27,28)29/h3-11H,1-2H3,(H,31,33). The van der Waals surface area contributed by atoms with E-state index in [0.717, 1.165) is 28.6 Å². The number of anilines is 1. The van der Waals surface area contributed by atoms with Crippen LogP contribution in [0.4, 0.5) is 32.0 Å². The Labute approximate surface area is 216 Å². The van der Waals surface area contributed by atoms with E-state index in [0.29, 0.717) is 12.3 Å². The van der Waals surface area contributed by atoms with E-state index in [2.05, 4.69) is 15.0 Å². The minimum Gasteiger partial charge on any atom is -0.437 e. The van der Waals surface area contributed by atoms with Crippen LogP contribution >= 0.6 is 11.6 Å². The number of rotatable bonds is 7.